The molecule has 1 fully saturated rings. The highest BCUT2D eigenvalue weighted by Gasteiger charge is 2.28. The summed E-state index contributed by atoms with van der Waals surface area (Å²) in [5.41, 5.74) is 4.47. The molecule has 0 bridgehead atoms. The quantitative estimate of drug-likeness (QED) is 0.274. The van der Waals surface area contributed by atoms with Gasteiger partial charge in [0.2, 0.25) is 17.7 Å². The number of anilines is 1. The maximum absolute atomic E-state index is 12.7. The maximum Gasteiger partial charge on any atom is 0.410 e. The Hall–Kier alpha value is -4.80. The lowest BCUT2D eigenvalue weighted by molar-refractivity contribution is 0.0206. The van der Waals surface area contributed by atoms with Crippen LogP contribution in [0, 0.1) is 13.8 Å². The van der Waals surface area contributed by atoms with Gasteiger partial charge in [-0.1, -0.05) is 23.4 Å². The van der Waals surface area contributed by atoms with Crippen LogP contribution < -0.4 is 5.32 Å². The van der Waals surface area contributed by atoms with Gasteiger partial charge in [-0.15, -0.1) is 0 Å². The zero-order valence-electron chi connectivity index (χ0n) is 24.5. The second kappa shape index (κ2) is 10.9. The SMILES string of the molecule is Cc1nc(-c2ccc3c(-c4nc(N[C@H]5CCCN(C(=O)OC(C)(C)C)C5)ncc4C)cn(-c4ccccc4)c3n2)no1. The summed E-state index contributed by atoms with van der Waals surface area (Å²) in [4.78, 5) is 33.3. The Morgan fingerprint density at radius 1 is 1.07 bits per heavy atom. The molecule has 4 aromatic heterocycles. The van der Waals surface area contributed by atoms with Gasteiger partial charge in [0.1, 0.15) is 16.9 Å². The van der Waals surface area contributed by atoms with Crippen LogP contribution in [-0.4, -0.2) is 65.4 Å². The van der Waals surface area contributed by atoms with Crippen molar-refractivity contribution in [3.05, 3.63) is 66.3 Å². The fourth-order valence-corrected chi connectivity index (χ4v) is 5.16. The fourth-order valence-electron chi connectivity index (χ4n) is 5.16. The normalized spacial score (nSPS) is 15.6. The van der Waals surface area contributed by atoms with Crippen molar-refractivity contribution in [2.45, 2.75) is 59.1 Å². The van der Waals surface area contributed by atoms with E-state index in [1.807, 2.05) is 76.4 Å². The van der Waals surface area contributed by atoms with Crippen LogP contribution >= 0.6 is 0 Å². The number of aromatic nitrogens is 6. The van der Waals surface area contributed by atoms with Crippen LogP contribution in [0.1, 0.15) is 45.1 Å². The first-order valence-corrected chi connectivity index (χ1v) is 14.1. The molecule has 0 radical (unpaired) electrons. The van der Waals surface area contributed by atoms with Crippen molar-refractivity contribution in [1.29, 1.82) is 0 Å². The summed E-state index contributed by atoms with van der Waals surface area (Å²) < 4.78 is 12.8. The lowest BCUT2D eigenvalue weighted by atomic mass is 10.1. The molecule has 1 amide bonds. The third-order valence-electron chi connectivity index (χ3n) is 7.08. The standard InChI is InChI=1S/C31H34N8O3/c1-19-16-32-29(34-21-10-9-15-38(17-21)30(40)41-31(3,4)5)36-26(19)24-18-39(22-11-7-6-8-12-22)28-23(24)13-14-25(35-28)27-33-20(2)42-37-27/h6-8,11-14,16,18,21H,9-10,15,17H2,1-5H3,(H,32,34,36)/t21-/m0/s1. The molecule has 11 nitrogen and oxygen atoms in total. The van der Waals surface area contributed by atoms with Gasteiger partial charge in [-0.3, -0.25) is 0 Å². The number of para-hydroxylation sites is 1. The number of benzene rings is 1. The summed E-state index contributed by atoms with van der Waals surface area (Å²) in [5.74, 6) is 1.43. The molecule has 5 aromatic rings. The van der Waals surface area contributed by atoms with Crippen LogP contribution in [0.5, 0.6) is 0 Å². The van der Waals surface area contributed by atoms with Crippen molar-refractivity contribution in [2.75, 3.05) is 18.4 Å². The van der Waals surface area contributed by atoms with Crippen molar-refractivity contribution in [3.63, 3.8) is 0 Å². The van der Waals surface area contributed by atoms with Crippen molar-refractivity contribution in [1.82, 2.24) is 34.6 Å². The molecular weight excluding hydrogens is 532 g/mol. The molecule has 0 aliphatic carbocycles. The summed E-state index contributed by atoms with van der Waals surface area (Å²) in [6, 6.07) is 14.0. The van der Waals surface area contributed by atoms with Gasteiger partial charge in [-0.05, 0) is 70.4 Å². The average Bonchev–Trinajstić information content (AvgIpc) is 3.57. The molecule has 216 valence electrons. The molecule has 1 N–H and O–H groups in total. The third kappa shape index (κ3) is 5.67. The first-order valence-electron chi connectivity index (χ1n) is 14.1. The summed E-state index contributed by atoms with van der Waals surface area (Å²) in [5, 5.41) is 8.45. The molecule has 1 saturated heterocycles. The second-order valence-electron chi connectivity index (χ2n) is 11.6. The second-order valence-corrected chi connectivity index (χ2v) is 11.6. The van der Waals surface area contributed by atoms with E-state index in [1.54, 1.807) is 11.8 Å². The molecule has 5 heterocycles. The predicted molar refractivity (Wildman–Crippen MR) is 159 cm³/mol. The number of likely N-dealkylation sites (tertiary alicyclic amines) is 1. The van der Waals surface area contributed by atoms with Crippen molar-refractivity contribution < 1.29 is 14.1 Å². The van der Waals surface area contributed by atoms with Crippen LogP contribution in [0.15, 0.2) is 59.4 Å². The van der Waals surface area contributed by atoms with Crippen molar-refractivity contribution in [3.8, 4) is 28.5 Å². The zero-order valence-corrected chi connectivity index (χ0v) is 24.5. The van der Waals surface area contributed by atoms with Gasteiger partial charge in [0.05, 0.1) is 5.69 Å². The van der Waals surface area contributed by atoms with Crippen LogP contribution in [0.3, 0.4) is 0 Å². The largest absolute Gasteiger partial charge is 0.444 e. The van der Waals surface area contributed by atoms with Crippen LogP contribution in [0.2, 0.25) is 0 Å². The topological polar surface area (TPSA) is 124 Å². The number of piperidine rings is 1. The molecule has 0 saturated carbocycles. The predicted octanol–water partition coefficient (Wildman–Crippen LogP) is 5.96. The van der Waals surface area contributed by atoms with E-state index in [2.05, 4.69) is 31.2 Å². The van der Waals surface area contributed by atoms with Gasteiger partial charge >= 0.3 is 6.09 Å². The molecule has 1 aromatic carbocycles. The minimum Gasteiger partial charge on any atom is -0.444 e. The molecule has 1 aliphatic heterocycles. The summed E-state index contributed by atoms with van der Waals surface area (Å²) in [7, 11) is 0. The van der Waals surface area contributed by atoms with Gasteiger partial charge in [0, 0.05) is 55.1 Å². The number of pyridine rings is 1. The highest BCUT2D eigenvalue weighted by atomic mass is 16.6. The highest BCUT2D eigenvalue weighted by Crippen LogP contribution is 2.34. The smallest absolute Gasteiger partial charge is 0.410 e. The van der Waals surface area contributed by atoms with E-state index in [1.165, 1.54) is 0 Å². The van der Waals surface area contributed by atoms with Crippen LogP contribution in [0.4, 0.5) is 10.7 Å². The Labute approximate surface area is 244 Å². The third-order valence-corrected chi connectivity index (χ3v) is 7.08. The first-order chi connectivity index (χ1) is 20.1. The lowest BCUT2D eigenvalue weighted by Crippen LogP contribution is -2.47. The number of carbonyl (C=O) groups excluding carboxylic acids is 1. The van der Waals surface area contributed by atoms with Gasteiger partial charge in [0.15, 0.2) is 0 Å². The van der Waals surface area contributed by atoms with E-state index in [-0.39, 0.29) is 12.1 Å². The average molecular weight is 567 g/mol. The number of ether oxygens (including phenoxy) is 1. The number of carbonyl (C=O) groups is 1. The highest BCUT2D eigenvalue weighted by molar-refractivity contribution is 5.96. The van der Waals surface area contributed by atoms with Gasteiger partial charge in [-0.25, -0.2) is 19.7 Å². The minimum atomic E-state index is -0.536. The number of rotatable bonds is 5. The summed E-state index contributed by atoms with van der Waals surface area (Å²) >= 11 is 0. The number of aryl methyl sites for hydroxylation is 2. The van der Waals surface area contributed by atoms with Gasteiger partial charge in [-0.2, -0.15) is 4.98 Å². The molecule has 11 heteroatoms. The van der Waals surface area contributed by atoms with Crippen LogP contribution in [0.25, 0.3) is 39.5 Å². The van der Waals surface area contributed by atoms with E-state index < -0.39 is 5.60 Å². The number of nitrogens with zero attached hydrogens (tertiary/aromatic N) is 7. The molecular formula is C31H34N8O3. The number of hydrogen-bond donors (Lipinski definition) is 1. The molecule has 0 spiro atoms. The van der Waals surface area contributed by atoms with E-state index >= 15 is 0 Å². The van der Waals surface area contributed by atoms with E-state index in [0.29, 0.717) is 36.4 Å². The number of nitrogens with one attached hydrogen (secondary N) is 1. The molecule has 6 rings (SSSR count). The number of amides is 1. The Morgan fingerprint density at radius 2 is 1.88 bits per heavy atom. The van der Waals surface area contributed by atoms with Crippen molar-refractivity contribution in [2.24, 2.45) is 0 Å². The lowest BCUT2D eigenvalue weighted by Gasteiger charge is -2.34. The monoisotopic (exact) mass is 566 g/mol. The van der Waals surface area contributed by atoms with E-state index in [4.69, 9.17) is 19.2 Å². The zero-order chi connectivity index (χ0) is 29.4. The van der Waals surface area contributed by atoms with Gasteiger partial charge < -0.3 is 24.0 Å². The Bertz CT molecular complexity index is 1740. The Kier molecular flexibility index (Phi) is 7.09. The van der Waals surface area contributed by atoms with Gasteiger partial charge in [0.25, 0.3) is 0 Å². The van der Waals surface area contributed by atoms with E-state index in [0.717, 1.165) is 46.4 Å². The number of hydrogen-bond acceptors (Lipinski definition) is 9. The molecule has 0 unspecified atom stereocenters. The van der Waals surface area contributed by atoms with E-state index in [9.17, 15) is 4.79 Å². The molecule has 1 aliphatic rings. The maximum atomic E-state index is 12.7. The van der Waals surface area contributed by atoms with Crippen LogP contribution in [-0.2, 0) is 4.74 Å². The molecule has 1 atom stereocenters. The Balaban J connectivity index is 1.34. The minimum absolute atomic E-state index is 0.00938. The fraction of sp³-hybridized carbons (Fsp3) is 0.355. The van der Waals surface area contributed by atoms with Crippen molar-refractivity contribution >= 4 is 23.1 Å². The first kappa shape index (κ1) is 27.4. The summed E-state index contributed by atoms with van der Waals surface area (Å²) in [6.07, 6.45) is 5.36. The Morgan fingerprint density at radius 3 is 2.62 bits per heavy atom. The molecule has 42 heavy (non-hydrogen) atoms. The summed E-state index contributed by atoms with van der Waals surface area (Å²) in [6.45, 7) is 10.6. The number of fused-ring (bicyclic) bond motifs is 1.